The molecule has 0 radical (unpaired) electrons. The summed E-state index contributed by atoms with van der Waals surface area (Å²) in [6, 6.07) is 4.78. The van der Waals surface area contributed by atoms with Crippen LogP contribution in [-0.2, 0) is 20.0 Å². The van der Waals surface area contributed by atoms with Crippen molar-refractivity contribution in [2.24, 2.45) is 12.0 Å². The molecule has 2 atom stereocenters. The number of guanidine groups is 1. The van der Waals surface area contributed by atoms with Crippen LogP contribution in [0.25, 0.3) is 0 Å². The molecule has 2 N–H and O–H groups in total. The molecule has 2 unspecified atom stereocenters. The minimum atomic E-state index is 0.502. The molecule has 0 saturated heterocycles. The van der Waals surface area contributed by atoms with Crippen LogP contribution in [0.5, 0.6) is 0 Å². The summed E-state index contributed by atoms with van der Waals surface area (Å²) in [5, 5.41) is 18.3. The van der Waals surface area contributed by atoms with Gasteiger partial charge in [-0.15, -0.1) is 21.5 Å². The Labute approximate surface area is 163 Å². The molecule has 1 fully saturated rings. The van der Waals surface area contributed by atoms with Gasteiger partial charge in [-0.25, -0.2) is 4.99 Å². The van der Waals surface area contributed by atoms with E-state index in [9.17, 15) is 0 Å². The summed E-state index contributed by atoms with van der Waals surface area (Å²) >= 11 is 3.77. The number of nitrogens with one attached hydrogen (secondary N) is 2. The second kappa shape index (κ2) is 9.41. The lowest BCUT2D eigenvalue weighted by Gasteiger charge is -2.18. The van der Waals surface area contributed by atoms with Crippen molar-refractivity contribution in [3.8, 4) is 0 Å². The summed E-state index contributed by atoms with van der Waals surface area (Å²) < 4.78 is 1.99. The van der Waals surface area contributed by atoms with Gasteiger partial charge in [0.15, 0.2) is 11.8 Å². The molecule has 0 spiro atoms. The van der Waals surface area contributed by atoms with Gasteiger partial charge in [0.05, 0.1) is 0 Å². The van der Waals surface area contributed by atoms with Gasteiger partial charge in [-0.1, -0.05) is 6.07 Å². The molecule has 6 nitrogen and oxygen atoms in total. The summed E-state index contributed by atoms with van der Waals surface area (Å²) in [4.78, 5) is 6.16. The van der Waals surface area contributed by atoms with E-state index in [-0.39, 0.29) is 0 Å². The maximum atomic E-state index is 4.77. The number of thioether (sulfide) groups is 1. The van der Waals surface area contributed by atoms with Crippen molar-refractivity contribution in [2.75, 3.05) is 12.8 Å². The van der Waals surface area contributed by atoms with Gasteiger partial charge < -0.3 is 15.2 Å². The molecule has 2 heterocycles. The van der Waals surface area contributed by atoms with E-state index in [0.717, 1.165) is 35.8 Å². The fourth-order valence-electron chi connectivity index (χ4n) is 3.13. The van der Waals surface area contributed by atoms with Crippen LogP contribution in [0, 0.1) is 6.92 Å². The van der Waals surface area contributed by atoms with Crippen molar-refractivity contribution in [3.63, 3.8) is 0 Å². The molecule has 2 aromatic heterocycles. The summed E-state index contributed by atoms with van der Waals surface area (Å²) in [6.07, 6.45) is 6.91. The van der Waals surface area contributed by atoms with Gasteiger partial charge in [-0.2, -0.15) is 11.8 Å². The first-order valence-electron chi connectivity index (χ1n) is 9.10. The Hall–Kier alpha value is -1.54. The van der Waals surface area contributed by atoms with Crippen LogP contribution >= 0.6 is 23.1 Å². The highest BCUT2D eigenvalue weighted by molar-refractivity contribution is 7.99. The zero-order chi connectivity index (χ0) is 18.4. The van der Waals surface area contributed by atoms with Crippen LogP contribution < -0.4 is 10.6 Å². The monoisotopic (exact) mass is 392 g/mol. The van der Waals surface area contributed by atoms with E-state index in [1.807, 2.05) is 30.3 Å². The van der Waals surface area contributed by atoms with E-state index < -0.39 is 0 Å². The third-order valence-electron chi connectivity index (χ3n) is 4.86. The largest absolute Gasteiger partial charge is 0.356 e. The Bertz CT molecular complexity index is 709. The molecule has 3 rings (SSSR count). The molecule has 142 valence electrons. The fraction of sp³-hybridized carbons (Fsp3) is 0.611. The Kier molecular flexibility index (Phi) is 6.96. The van der Waals surface area contributed by atoms with Gasteiger partial charge in [0.2, 0.25) is 0 Å². The molecule has 1 aliphatic carbocycles. The molecule has 0 bridgehead atoms. The number of hydrogen-bond donors (Lipinski definition) is 2. The van der Waals surface area contributed by atoms with Gasteiger partial charge in [-0.3, -0.25) is 0 Å². The lowest BCUT2D eigenvalue weighted by Crippen LogP contribution is -2.43. The van der Waals surface area contributed by atoms with E-state index >= 15 is 0 Å². The zero-order valence-electron chi connectivity index (χ0n) is 15.7. The third kappa shape index (κ3) is 5.23. The van der Waals surface area contributed by atoms with Crippen molar-refractivity contribution < 1.29 is 0 Å². The molecular formula is C18H28N6S2. The average Bonchev–Trinajstić information content (AvgIpc) is 3.37. The average molecular weight is 393 g/mol. The maximum Gasteiger partial charge on any atom is 0.191 e. The van der Waals surface area contributed by atoms with Crippen molar-refractivity contribution >= 4 is 29.1 Å². The highest BCUT2D eigenvalue weighted by atomic mass is 32.2. The molecule has 1 aliphatic rings. The molecule has 1 saturated carbocycles. The highest BCUT2D eigenvalue weighted by Crippen LogP contribution is 2.28. The van der Waals surface area contributed by atoms with Crippen molar-refractivity contribution in [1.29, 1.82) is 0 Å². The topological polar surface area (TPSA) is 67.1 Å². The van der Waals surface area contributed by atoms with Crippen LogP contribution in [0.1, 0.15) is 35.8 Å². The molecule has 2 aromatic rings. The summed E-state index contributed by atoms with van der Waals surface area (Å²) in [6.45, 7) is 3.37. The highest BCUT2D eigenvalue weighted by Gasteiger charge is 2.24. The van der Waals surface area contributed by atoms with E-state index in [4.69, 9.17) is 4.99 Å². The SMILES string of the molecule is CSC1CCC(NC(=NCc2nnc(C)n2C)NCCc2cccs2)C1. The third-order valence-corrected chi connectivity index (χ3v) is 6.89. The fourth-order valence-corrected chi connectivity index (χ4v) is 4.63. The van der Waals surface area contributed by atoms with E-state index in [0.29, 0.717) is 12.6 Å². The second-order valence-electron chi connectivity index (χ2n) is 6.66. The van der Waals surface area contributed by atoms with Gasteiger partial charge in [0, 0.05) is 29.8 Å². The van der Waals surface area contributed by atoms with Crippen LogP contribution in [0.4, 0.5) is 0 Å². The second-order valence-corrected chi connectivity index (χ2v) is 8.83. The minimum absolute atomic E-state index is 0.502. The van der Waals surface area contributed by atoms with Crippen molar-refractivity contribution in [2.45, 2.75) is 50.4 Å². The van der Waals surface area contributed by atoms with Crippen molar-refractivity contribution in [1.82, 2.24) is 25.4 Å². The smallest absolute Gasteiger partial charge is 0.191 e. The first-order valence-corrected chi connectivity index (χ1v) is 11.3. The van der Waals surface area contributed by atoms with Crippen molar-refractivity contribution in [3.05, 3.63) is 34.0 Å². The van der Waals surface area contributed by atoms with Gasteiger partial charge in [-0.05, 0) is 50.3 Å². The van der Waals surface area contributed by atoms with Crippen LogP contribution in [-0.4, -0.2) is 44.8 Å². The summed E-state index contributed by atoms with van der Waals surface area (Å²) in [5.74, 6) is 2.68. The summed E-state index contributed by atoms with van der Waals surface area (Å²) in [5.41, 5.74) is 0. The summed E-state index contributed by atoms with van der Waals surface area (Å²) in [7, 11) is 1.98. The van der Waals surface area contributed by atoms with E-state index in [1.165, 1.54) is 24.1 Å². The lowest BCUT2D eigenvalue weighted by atomic mass is 10.2. The standard InChI is InChI=1S/C18H28N6S2/c1-13-22-23-17(24(13)2)12-20-18(19-9-8-15-5-4-10-26-15)21-14-6-7-16(11-14)25-3/h4-5,10,14,16H,6-9,11-12H2,1-3H3,(H2,19,20,21). The van der Waals surface area contributed by atoms with Gasteiger partial charge in [0.25, 0.3) is 0 Å². The Morgan fingerprint density at radius 2 is 2.31 bits per heavy atom. The normalized spacial score (nSPS) is 20.5. The minimum Gasteiger partial charge on any atom is -0.356 e. The zero-order valence-corrected chi connectivity index (χ0v) is 17.4. The molecule has 0 amide bonds. The van der Waals surface area contributed by atoms with E-state index in [1.54, 1.807) is 11.3 Å². The van der Waals surface area contributed by atoms with Crippen LogP contribution in [0.15, 0.2) is 22.5 Å². The first-order chi connectivity index (χ1) is 12.7. The Morgan fingerprint density at radius 3 is 2.96 bits per heavy atom. The Balaban J connectivity index is 1.60. The number of nitrogens with zero attached hydrogens (tertiary/aromatic N) is 4. The van der Waals surface area contributed by atoms with Gasteiger partial charge >= 0.3 is 0 Å². The number of rotatable bonds is 7. The number of hydrogen-bond acceptors (Lipinski definition) is 5. The predicted molar refractivity (Wildman–Crippen MR) is 111 cm³/mol. The van der Waals surface area contributed by atoms with Crippen LogP contribution in [0.3, 0.4) is 0 Å². The number of aryl methyl sites for hydroxylation is 1. The number of aliphatic imine (C=N–C) groups is 1. The van der Waals surface area contributed by atoms with Crippen LogP contribution in [0.2, 0.25) is 0 Å². The first kappa shape index (κ1) is 19.2. The molecule has 8 heteroatoms. The van der Waals surface area contributed by atoms with Gasteiger partial charge in [0.1, 0.15) is 12.4 Å². The molecule has 0 aromatic carbocycles. The quantitative estimate of drug-likeness (QED) is 0.560. The molecular weight excluding hydrogens is 364 g/mol. The number of thiophene rings is 1. The lowest BCUT2D eigenvalue weighted by molar-refractivity contribution is 0.611. The predicted octanol–water partition coefficient (Wildman–Crippen LogP) is 2.75. The molecule has 26 heavy (non-hydrogen) atoms. The molecule has 0 aliphatic heterocycles. The Morgan fingerprint density at radius 1 is 1.42 bits per heavy atom. The maximum absolute atomic E-state index is 4.77. The number of aromatic nitrogens is 3. The van der Waals surface area contributed by atoms with E-state index in [2.05, 4.69) is 44.6 Å².